The minimum Gasteiger partial charge on any atom is -0.408 e. The monoisotopic (exact) mass is 456 g/mol. The molecule has 0 bridgehead atoms. The molecule has 10 nitrogen and oxygen atoms in total. The number of imide groups is 1. The molecule has 2 fully saturated rings. The minimum atomic E-state index is -3.78. The van der Waals surface area contributed by atoms with E-state index in [4.69, 9.17) is 4.42 Å². The molecule has 3 amide bonds. The number of para-hydroxylation sites is 1. The van der Waals surface area contributed by atoms with Gasteiger partial charge in [-0.3, -0.25) is 9.78 Å². The first-order valence-electron chi connectivity index (χ1n) is 10.2. The predicted octanol–water partition coefficient (Wildman–Crippen LogP) is 1.74. The molecule has 0 saturated carbocycles. The number of hydrogen-bond donors (Lipinski definition) is 1. The predicted molar refractivity (Wildman–Crippen MR) is 115 cm³/mol. The second kappa shape index (κ2) is 7.61. The van der Waals surface area contributed by atoms with Gasteiger partial charge in [-0.1, -0.05) is 18.2 Å². The van der Waals surface area contributed by atoms with E-state index in [1.807, 2.05) is 6.07 Å². The highest BCUT2D eigenvalue weighted by molar-refractivity contribution is 7.89. The second-order valence-corrected chi connectivity index (χ2v) is 9.72. The van der Waals surface area contributed by atoms with Crippen molar-refractivity contribution >= 4 is 38.7 Å². The first-order chi connectivity index (χ1) is 15.3. The van der Waals surface area contributed by atoms with E-state index in [1.165, 1.54) is 32.3 Å². The summed E-state index contributed by atoms with van der Waals surface area (Å²) in [5.41, 5.74) is 1.12. The SMILES string of the molecule is O=C1CN(C2CCN(S(=O)(=O)c3ccc4oc(=O)[nH]c4c3)CC2)C(=O)N1c1ccccc1. The molecule has 0 spiro atoms. The zero-order valence-corrected chi connectivity index (χ0v) is 17.7. The topological polar surface area (TPSA) is 124 Å². The summed E-state index contributed by atoms with van der Waals surface area (Å²) in [4.78, 5) is 41.9. The van der Waals surface area contributed by atoms with Crippen LogP contribution in [0.1, 0.15) is 12.8 Å². The second-order valence-electron chi connectivity index (χ2n) is 7.78. The van der Waals surface area contributed by atoms with Crippen molar-refractivity contribution < 1.29 is 22.4 Å². The van der Waals surface area contributed by atoms with Gasteiger partial charge >= 0.3 is 11.8 Å². The molecule has 2 aliphatic rings. The van der Waals surface area contributed by atoms with E-state index in [9.17, 15) is 22.8 Å². The molecule has 2 saturated heterocycles. The summed E-state index contributed by atoms with van der Waals surface area (Å²) >= 11 is 0. The van der Waals surface area contributed by atoms with Crippen molar-refractivity contribution in [2.24, 2.45) is 0 Å². The molecule has 166 valence electrons. The van der Waals surface area contributed by atoms with Crippen LogP contribution in [-0.2, 0) is 14.8 Å². The van der Waals surface area contributed by atoms with Crippen LogP contribution in [0.5, 0.6) is 0 Å². The number of nitrogens with zero attached hydrogens (tertiary/aromatic N) is 3. The third kappa shape index (κ3) is 3.39. The van der Waals surface area contributed by atoms with Gasteiger partial charge in [-0.2, -0.15) is 4.31 Å². The number of aromatic amines is 1. The van der Waals surface area contributed by atoms with Crippen molar-refractivity contribution in [3.05, 3.63) is 59.1 Å². The number of sulfonamides is 1. The lowest BCUT2D eigenvalue weighted by molar-refractivity contribution is -0.116. The number of rotatable bonds is 4. The van der Waals surface area contributed by atoms with Gasteiger partial charge in [-0.25, -0.2) is 22.9 Å². The van der Waals surface area contributed by atoms with Gasteiger partial charge in [-0.05, 0) is 43.2 Å². The van der Waals surface area contributed by atoms with Crippen LogP contribution in [0.25, 0.3) is 11.1 Å². The average Bonchev–Trinajstić information content (AvgIpc) is 3.31. The highest BCUT2D eigenvalue weighted by Gasteiger charge is 2.42. The number of aromatic nitrogens is 1. The van der Waals surface area contributed by atoms with Gasteiger partial charge in [0.15, 0.2) is 5.58 Å². The van der Waals surface area contributed by atoms with Gasteiger partial charge in [0.2, 0.25) is 10.0 Å². The maximum absolute atomic E-state index is 13.1. The molecular formula is C21H20N4O6S. The van der Waals surface area contributed by atoms with E-state index in [-0.39, 0.29) is 48.1 Å². The molecule has 1 aromatic heterocycles. The Labute approximate surface area is 183 Å². The van der Waals surface area contributed by atoms with Crippen LogP contribution in [-0.4, -0.2) is 60.2 Å². The minimum absolute atomic E-state index is 0.0182. The summed E-state index contributed by atoms with van der Waals surface area (Å²) in [6.45, 7) is 0.419. The lowest BCUT2D eigenvalue weighted by atomic mass is 10.1. The maximum Gasteiger partial charge on any atom is 0.417 e. The Kier molecular flexibility index (Phi) is 4.86. The van der Waals surface area contributed by atoms with Gasteiger partial charge in [0, 0.05) is 19.1 Å². The molecule has 5 rings (SSSR count). The zero-order chi connectivity index (χ0) is 22.5. The summed E-state index contributed by atoms with van der Waals surface area (Å²) in [6.07, 6.45) is 0.845. The number of nitrogens with one attached hydrogen (secondary N) is 1. The largest absolute Gasteiger partial charge is 0.417 e. The highest BCUT2D eigenvalue weighted by atomic mass is 32.2. The number of carbonyl (C=O) groups excluding carboxylic acids is 2. The molecule has 3 aromatic rings. The fourth-order valence-corrected chi connectivity index (χ4v) is 5.77. The normalized spacial score (nSPS) is 18.8. The standard InChI is InChI=1S/C21H20N4O6S/c26-19-13-24(21(28)25(19)15-4-2-1-3-5-15)14-8-10-23(11-9-14)32(29,30)16-6-7-18-17(12-16)22-20(27)31-18/h1-7,12,14H,8-11,13H2,(H,22,27). The molecule has 2 aliphatic heterocycles. The lowest BCUT2D eigenvalue weighted by Crippen LogP contribution is -2.48. The number of amides is 3. The van der Waals surface area contributed by atoms with Gasteiger partial charge in [0.05, 0.1) is 16.1 Å². The Morgan fingerprint density at radius 3 is 2.41 bits per heavy atom. The molecule has 32 heavy (non-hydrogen) atoms. The maximum atomic E-state index is 13.1. The van der Waals surface area contributed by atoms with Crippen LogP contribution >= 0.6 is 0 Å². The number of benzene rings is 2. The van der Waals surface area contributed by atoms with Gasteiger partial charge < -0.3 is 9.32 Å². The Morgan fingerprint density at radius 2 is 1.69 bits per heavy atom. The van der Waals surface area contributed by atoms with E-state index in [2.05, 4.69) is 4.98 Å². The van der Waals surface area contributed by atoms with Gasteiger partial charge in [-0.15, -0.1) is 0 Å². The first kappa shape index (κ1) is 20.5. The fourth-order valence-electron chi connectivity index (χ4n) is 4.27. The summed E-state index contributed by atoms with van der Waals surface area (Å²) in [5.74, 6) is -0.941. The highest BCUT2D eigenvalue weighted by Crippen LogP contribution is 2.29. The lowest BCUT2D eigenvalue weighted by Gasteiger charge is -2.35. The Hall–Kier alpha value is -3.44. The van der Waals surface area contributed by atoms with E-state index >= 15 is 0 Å². The van der Waals surface area contributed by atoms with E-state index in [1.54, 1.807) is 24.3 Å². The van der Waals surface area contributed by atoms with E-state index < -0.39 is 15.8 Å². The number of carbonyl (C=O) groups is 2. The van der Waals surface area contributed by atoms with Crippen molar-refractivity contribution in [2.45, 2.75) is 23.8 Å². The van der Waals surface area contributed by atoms with Crippen molar-refractivity contribution in [1.29, 1.82) is 0 Å². The summed E-state index contributed by atoms with van der Waals surface area (Å²) in [5, 5.41) is 0. The van der Waals surface area contributed by atoms with Gasteiger partial charge in [0.25, 0.3) is 5.91 Å². The van der Waals surface area contributed by atoms with Crippen molar-refractivity contribution in [3.8, 4) is 0 Å². The van der Waals surface area contributed by atoms with Crippen molar-refractivity contribution in [2.75, 3.05) is 24.5 Å². The fraction of sp³-hybridized carbons (Fsp3) is 0.286. The quantitative estimate of drug-likeness (QED) is 0.597. The number of fused-ring (bicyclic) bond motifs is 1. The zero-order valence-electron chi connectivity index (χ0n) is 16.9. The third-order valence-electron chi connectivity index (χ3n) is 5.90. The van der Waals surface area contributed by atoms with Crippen LogP contribution in [0.4, 0.5) is 10.5 Å². The molecule has 0 unspecified atom stereocenters. The van der Waals surface area contributed by atoms with Crippen LogP contribution in [0.3, 0.4) is 0 Å². The molecular weight excluding hydrogens is 436 g/mol. The van der Waals surface area contributed by atoms with Gasteiger partial charge in [0.1, 0.15) is 6.54 Å². The Bertz CT molecular complexity index is 1360. The Morgan fingerprint density at radius 1 is 0.969 bits per heavy atom. The average molecular weight is 456 g/mol. The van der Waals surface area contributed by atoms with Crippen LogP contribution in [0.2, 0.25) is 0 Å². The number of oxazole rings is 1. The van der Waals surface area contributed by atoms with Crippen LogP contribution < -0.4 is 10.7 Å². The Balaban J connectivity index is 1.30. The van der Waals surface area contributed by atoms with E-state index in [0.29, 0.717) is 24.0 Å². The number of piperidine rings is 1. The first-order valence-corrected chi connectivity index (χ1v) is 11.6. The summed E-state index contributed by atoms with van der Waals surface area (Å²) in [7, 11) is -3.78. The molecule has 1 N–H and O–H groups in total. The summed E-state index contributed by atoms with van der Waals surface area (Å²) < 4.78 is 32.4. The third-order valence-corrected chi connectivity index (χ3v) is 7.79. The number of hydrogen-bond acceptors (Lipinski definition) is 6. The van der Waals surface area contributed by atoms with Crippen molar-refractivity contribution in [3.63, 3.8) is 0 Å². The van der Waals surface area contributed by atoms with E-state index in [0.717, 1.165) is 0 Å². The smallest absolute Gasteiger partial charge is 0.408 e. The molecule has 0 aliphatic carbocycles. The number of H-pyrrole nitrogens is 1. The molecule has 0 atom stereocenters. The molecule has 0 radical (unpaired) electrons. The number of urea groups is 1. The number of anilines is 1. The van der Waals surface area contributed by atoms with Crippen LogP contribution in [0.15, 0.2) is 62.6 Å². The molecule has 3 heterocycles. The van der Waals surface area contributed by atoms with Crippen molar-refractivity contribution in [1.82, 2.24) is 14.2 Å². The molecule has 11 heteroatoms. The summed E-state index contributed by atoms with van der Waals surface area (Å²) in [6, 6.07) is 12.4. The van der Waals surface area contributed by atoms with Crippen LogP contribution in [0, 0.1) is 0 Å². The molecule has 2 aromatic carbocycles.